The van der Waals surface area contributed by atoms with Crippen LogP contribution in [0.15, 0.2) is 24.3 Å². The number of benzene rings is 1. The Morgan fingerprint density at radius 2 is 1.97 bits per heavy atom. The highest BCUT2D eigenvalue weighted by molar-refractivity contribution is 14.1. The fraction of sp³-hybridized carbons (Fsp3) is 0.600. The number of aliphatic carboxylic acids is 1. The molecule has 1 amide bonds. The predicted molar refractivity (Wildman–Crippen MR) is 140 cm³/mol. The lowest BCUT2D eigenvalue weighted by atomic mass is 9.87. The van der Waals surface area contributed by atoms with Crippen LogP contribution in [-0.4, -0.2) is 55.8 Å². The molecule has 10 heteroatoms. The van der Waals surface area contributed by atoms with E-state index in [1.165, 1.54) is 0 Å². The summed E-state index contributed by atoms with van der Waals surface area (Å²) in [5, 5.41) is 17.9. The Bertz CT molecular complexity index is 1010. The van der Waals surface area contributed by atoms with Gasteiger partial charge in [0.1, 0.15) is 23.7 Å². The second kappa shape index (κ2) is 12.0. The summed E-state index contributed by atoms with van der Waals surface area (Å²) in [5.74, 6) is -0.396. The zero-order chi connectivity index (χ0) is 25.6. The van der Waals surface area contributed by atoms with Gasteiger partial charge in [0.05, 0.1) is 16.6 Å². The normalized spacial score (nSPS) is 18.2. The molecule has 1 N–H and O–H groups in total. The number of hydrogen-bond donors (Lipinski definition) is 1. The molecule has 0 radical (unpaired) electrons. The molecule has 0 bridgehead atoms. The Morgan fingerprint density at radius 3 is 2.60 bits per heavy atom. The lowest BCUT2D eigenvalue weighted by molar-refractivity contribution is -0.143. The molecule has 1 aromatic heterocycles. The van der Waals surface area contributed by atoms with Gasteiger partial charge in [0, 0.05) is 18.2 Å². The van der Waals surface area contributed by atoms with Crippen LogP contribution in [0.1, 0.15) is 65.0 Å². The van der Waals surface area contributed by atoms with Gasteiger partial charge in [-0.05, 0) is 70.2 Å². The van der Waals surface area contributed by atoms with E-state index < -0.39 is 5.97 Å². The second-order valence-electron chi connectivity index (χ2n) is 9.65. The van der Waals surface area contributed by atoms with Crippen molar-refractivity contribution < 1.29 is 24.2 Å². The molecule has 1 heterocycles. The molecule has 9 nitrogen and oxygen atoms in total. The van der Waals surface area contributed by atoms with Gasteiger partial charge >= 0.3 is 12.1 Å². The van der Waals surface area contributed by atoms with Crippen LogP contribution in [0.25, 0.3) is 11.3 Å². The standard InChI is InChI=1S/C25H35IN4O5/c1-5-13-25(2,3)29(4)24(33)34-15-21-22(27-28-30(21)16-26)17-9-11-19(12-10-17)35-20-8-6-7-18(14-20)23(31)32/h9-12,18,20H,5-8,13-16H2,1-4H3,(H,31,32)/t18-,20-/m0/s1. The van der Waals surface area contributed by atoms with Gasteiger partial charge in [-0.1, -0.05) is 41.1 Å². The molecule has 1 fully saturated rings. The Morgan fingerprint density at radius 1 is 1.26 bits per heavy atom. The average Bonchev–Trinajstić information content (AvgIpc) is 3.25. The van der Waals surface area contributed by atoms with E-state index in [1.807, 2.05) is 38.1 Å². The molecule has 0 unspecified atom stereocenters. The molecule has 0 aliphatic heterocycles. The van der Waals surface area contributed by atoms with Crippen LogP contribution in [0.4, 0.5) is 4.79 Å². The number of carbonyl (C=O) groups is 2. The van der Waals surface area contributed by atoms with Crippen molar-refractivity contribution >= 4 is 34.7 Å². The van der Waals surface area contributed by atoms with E-state index in [0.717, 1.165) is 36.9 Å². The third kappa shape index (κ3) is 6.86. The third-order valence-electron chi connectivity index (χ3n) is 6.73. The summed E-state index contributed by atoms with van der Waals surface area (Å²) < 4.78 is 14.0. The molecule has 35 heavy (non-hydrogen) atoms. The second-order valence-corrected chi connectivity index (χ2v) is 10.3. The molecule has 1 saturated carbocycles. The fourth-order valence-corrected chi connectivity index (χ4v) is 4.96. The minimum absolute atomic E-state index is 0.0631. The summed E-state index contributed by atoms with van der Waals surface area (Å²) >= 11 is 2.20. The van der Waals surface area contributed by atoms with Crippen molar-refractivity contribution in [2.75, 3.05) is 7.05 Å². The van der Waals surface area contributed by atoms with Crippen LogP contribution in [0.5, 0.6) is 5.75 Å². The quantitative estimate of drug-likeness (QED) is 0.284. The van der Waals surface area contributed by atoms with Crippen LogP contribution >= 0.6 is 22.6 Å². The Labute approximate surface area is 220 Å². The molecular formula is C25H35IN4O5. The van der Waals surface area contributed by atoms with Crippen LogP contribution in [0.3, 0.4) is 0 Å². The zero-order valence-corrected chi connectivity index (χ0v) is 23.0. The largest absolute Gasteiger partial charge is 0.490 e. The Kier molecular flexibility index (Phi) is 9.37. The lowest BCUT2D eigenvalue weighted by Gasteiger charge is -2.34. The van der Waals surface area contributed by atoms with Crippen molar-refractivity contribution in [3.8, 4) is 17.0 Å². The van der Waals surface area contributed by atoms with E-state index in [9.17, 15) is 14.7 Å². The summed E-state index contributed by atoms with van der Waals surface area (Å²) in [4.78, 5) is 25.7. The monoisotopic (exact) mass is 598 g/mol. The van der Waals surface area contributed by atoms with Crippen molar-refractivity contribution in [3.63, 3.8) is 0 Å². The zero-order valence-electron chi connectivity index (χ0n) is 20.9. The number of rotatable bonds is 10. The first-order chi connectivity index (χ1) is 16.7. The number of nitrogens with zero attached hydrogens (tertiary/aromatic N) is 4. The average molecular weight is 598 g/mol. The molecule has 0 spiro atoms. The highest BCUT2D eigenvalue weighted by atomic mass is 127. The molecular weight excluding hydrogens is 563 g/mol. The molecule has 3 rings (SSSR count). The van der Waals surface area contributed by atoms with Crippen molar-refractivity contribution in [1.29, 1.82) is 0 Å². The van der Waals surface area contributed by atoms with E-state index in [4.69, 9.17) is 9.47 Å². The number of carbonyl (C=O) groups excluding carboxylic acids is 1. The van der Waals surface area contributed by atoms with Gasteiger partial charge in [0.15, 0.2) is 0 Å². The summed E-state index contributed by atoms with van der Waals surface area (Å²) in [6, 6.07) is 7.52. The Hall–Kier alpha value is -2.37. The maximum absolute atomic E-state index is 12.7. The molecule has 192 valence electrons. The SMILES string of the molecule is CCCC(C)(C)N(C)C(=O)OCc1c(-c2ccc(O[C@H]3CCC[C@H](C(=O)O)C3)cc2)nnn1CI. The first-order valence-electron chi connectivity index (χ1n) is 12.0. The fourth-order valence-electron chi connectivity index (χ4n) is 4.41. The summed E-state index contributed by atoms with van der Waals surface area (Å²) in [6.45, 7) is 6.21. The van der Waals surface area contributed by atoms with Crippen molar-refractivity contribution in [2.24, 2.45) is 5.92 Å². The van der Waals surface area contributed by atoms with Crippen molar-refractivity contribution in [1.82, 2.24) is 19.9 Å². The van der Waals surface area contributed by atoms with Gasteiger partial charge < -0.3 is 19.5 Å². The van der Waals surface area contributed by atoms with Crippen LogP contribution in [0, 0.1) is 5.92 Å². The Balaban J connectivity index is 1.69. The summed E-state index contributed by atoms with van der Waals surface area (Å²) in [5.41, 5.74) is 1.92. The summed E-state index contributed by atoms with van der Waals surface area (Å²) in [7, 11) is 1.76. The summed E-state index contributed by atoms with van der Waals surface area (Å²) in [6.07, 6.45) is 4.32. The van der Waals surface area contributed by atoms with E-state index >= 15 is 0 Å². The molecule has 2 aromatic rings. The number of halogens is 1. The highest BCUT2D eigenvalue weighted by Gasteiger charge is 2.29. The minimum atomic E-state index is -0.750. The number of carboxylic acids is 1. The van der Waals surface area contributed by atoms with Gasteiger partial charge in [0.2, 0.25) is 0 Å². The molecule has 1 aromatic carbocycles. The van der Waals surface area contributed by atoms with Crippen LogP contribution in [0.2, 0.25) is 0 Å². The van der Waals surface area contributed by atoms with Crippen molar-refractivity contribution in [3.05, 3.63) is 30.0 Å². The number of amides is 1. The van der Waals surface area contributed by atoms with Crippen LogP contribution < -0.4 is 4.74 Å². The van der Waals surface area contributed by atoms with Crippen molar-refractivity contribution in [2.45, 2.75) is 82.1 Å². The van der Waals surface area contributed by atoms with E-state index in [2.05, 4.69) is 39.8 Å². The predicted octanol–water partition coefficient (Wildman–Crippen LogP) is 5.51. The maximum atomic E-state index is 12.7. The van der Waals surface area contributed by atoms with E-state index in [1.54, 1.807) is 16.6 Å². The van der Waals surface area contributed by atoms with Crippen LogP contribution in [-0.2, 0) is 20.7 Å². The van der Waals surface area contributed by atoms with E-state index in [0.29, 0.717) is 28.8 Å². The first-order valence-corrected chi connectivity index (χ1v) is 13.6. The molecule has 1 aliphatic rings. The molecule has 0 saturated heterocycles. The number of ether oxygens (including phenoxy) is 2. The molecule has 1 aliphatic carbocycles. The number of aromatic nitrogens is 3. The van der Waals surface area contributed by atoms with Gasteiger partial charge in [-0.2, -0.15) is 0 Å². The lowest BCUT2D eigenvalue weighted by Crippen LogP contribution is -2.45. The highest BCUT2D eigenvalue weighted by Crippen LogP contribution is 2.30. The molecule has 2 atom stereocenters. The first kappa shape index (κ1) is 27.2. The van der Waals surface area contributed by atoms with E-state index in [-0.39, 0.29) is 30.3 Å². The van der Waals surface area contributed by atoms with Gasteiger partial charge in [-0.3, -0.25) is 4.79 Å². The van der Waals surface area contributed by atoms with Gasteiger partial charge in [0.25, 0.3) is 0 Å². The number of alkyl halides is 1. The van der Waals surface area contributed by atoms with Gasteiger partial charge in [-0.25, -0.2) is 9.48 Å². The minimum Gasteiger partial charge on any atom is -0.490 e. The number of hydrogen-bond acceptors (Lipinski definition) is 6. The topological polar surface area (TPSA) is 107 Å². The maximum Gasteiger partial charge on any atom is 0.410 e. The van der Waals surface area contributed by atoms with Gasteiger partial charge in [-0.15, -0.1) is 5.10 Å². The third-order valence-corrected chi connectivity index (χ3v) is 7.38. The number of carboxylic acid groups (broad SMARTS) is 1. The smallest absolute Gasteiger partial charge is 0.410 e.